The van der Waals surface area contributed by atoms with Gasteiger partial charge in [-0.25, -0.2) is 13.2 Å². The summed E-state index contributed by atoms with van der Waals surface area (Å²) in [6.07, 6.45) is 3.17. The van der Waals surface area contributed by atoms with Crippen LogP contribution in [0.5, 0.6) is 0 Å². The van der Waals surface area contributed by atoms with E-state index in [9.17, 15) is 13.2 Å². The van der Waals surface area contributed by atoms with E-state index >= 15 is 0 Å². The summed E-state index contributed by atoms with van der Waals surface area (Å²) in [7, 11) is 0. The van der Waals surface area contributed by atoms with Crippen molar-refractivity contribution in [2.75, 3.05) is 0 Å². The molecule has 27 heavy (non-hydrogen) atoms. The van der Waals surface area contributed by atoms with Crippen molar-refractivity contribution >= 4 is 0 Å². The van der Waals surface area contributed by atoms with Gasteiger partial charge in [0.2, 0.25) is 0 Å². The number of rotatable bonds is 6. The third kappa shape index (κ3) is 4.41. The summed E-state index contributed by atoms with van der Waals surface area (Å²) in [6.45, 7) is 3.58. The highest BCUT2D eigenvalue weighted by Crippen LogP contribution is 2.26. The molecule has 0 saturated carbocycles. The second-order valence-corrected chi connectivity index (χ2v) is 6.93. The summed E-state index contributed by atoms with van der Waals surface area (Å²) in [6, 6.07) is 16.1. The molecule has 0 aliphatic carbocycles. The summed E-state index contributed by atoms with van der Waals surface area (Å²) in [4.78, 5) is 0. The van der Waals surface area contributed by atoms with Gasteiger partial charge in [-0.3, -0.25) is 0 Å². The van der Waals surface area contributed by atoms with Gasteiger partial charge >= 0.3 is 0 Å². The lowest BCUT2D eigenvalue weighted by Crippen LogP contribution is -1.96. The number of halogens is 3. The van der Waals surface area contributed by atoms with E-state index in [1.165, 1.54) is 0 Å². The van der Waals surface area contributed by atoms with Crippen molar-refractivity contribution in [2.24, 2.45) is 0 Å². The molecule has 3 heteroatoms. The first kappa shape index (κ1) is 19.2. The van der Waals surface area contributed by atoms with Crippen LogP contribution in [-0.4, -0.2) is 0 Å². The Hall–Kier alpha value is -2.55. The molecule has 0 radical (unpaired) electrons. The Kier molecular flexibility index (Phi) is 6.00. The maximum atomic E-state index is 14.1. The number of hydrogen-bond acceptors (Lipinski definition) is 0. The Morgan fingerprint density at radius 2 is 1.37 bits per heavy atom. The average molecular weight is 368 g/mol. The van der Waals surface area contributed by atoms with Crippen LogP contribution in [0.1, 0.15) is 35.6 Å². The molecule has 0 heterocycles. The maximum absolute atomic E-state index is 14.1. The number of benzene rings is 3. The molecule has 0 saturated heterocycles. The fourth-order valence-electron chi connectivity index (χ4n) is 3.23. The fourth-order valence-corrected chi connectivity index (χ4v) is 3.23. The molecule has 0 aromatic heterocycles. The molecule has 0 bridgehead atoms. The van der Waals surface area contributed by atoms with E-state index in [4.69, 9.17) is 0 Å². The van der Waals surface area contributed by atoms with Gasteiger partial charge in [-0.1, -0.05) is 61.9 Å². The van der Waals surface area contributed by atoms with Gasteiger partial charge in [0, 0.05) is 5.56 Å². The fraction of sp³-hybridized carbons (Fsp3) is 0.250. The SMILES string of the molecule is CCCc1ccc(CCc2ccc(-c3ccc(C)c(F)c3F)cc2)cc1F. The Morgan fingerprint density at radius 1 is 0.704 bits per heavy atom. The lowest BCUT2D eigenvalue weighted by molar-refractivity contribution is 0.505. The van der Waals surface area contributed by atoms with Crippen LogP contribution in [0.3, 0.4) is 0 Å². The monoisotopic (exact) mass is 368 g/mol. The van der Waals surface area contributed by atoms with Gasteiger partial charge in [-0.05, 0) is 60.1 Å². The van der Waals surface area contributed by atoms with E-state index in [0.717, 1.165) is 42.4 Å². The first-order valence-electron chi connectivity index (χ1n) is 9.30. The third-order valence-corrected chi connectivity index (χ3v) is 4.88. The van der Waals surface area contributed by atoms with E-state index < -0.39 is 11.6 Å². The summed E-state index contributed by atoms with van der Waals surface area (Å²) in [5, 5.41) is 0. The molecule has 0 atom stereocenters. The highest BCUT2D eigenvalue weighted by molar-refractivity contribution is 5.65. The largest absolute Gasteiger partial charge is 0.207 e. The molecular formula is C24H23F3. The van der Waals surface area contributed by atoms with Gasteiger partial charge in [0.25, 0.3) is 0 Å². The van der Waals surface area contributed by atoms with Gasteiger partial charge in [0.05, 0.1) is 0 Å². The predicted molar refractivity (Wildman–Crippen MR) is 104 cm³/mol. The topological polar surface area (TPSA) is 0 Å². The van der Waals surface area contributed by atoms with Crippen LogP contribution in [-0.2, 0) is 19.3 Å². The van der Waals surface area contributed by atoms with Crippen LogP contribution in [0.25, 0.3) is 11.1 Å². The minimum absolute atomic E-state index is 0.137. The van der Waals surface area contributed by atoms with Crippen LogP contribution >= 0.6 is 0 Å². The van der Waals surface area contributed by atoms with E-state index in [0.29, 0.717) is 11.1 Å². The molecule has 0 fully saturated rings. The molecule has 0 spiro atoms. The van der Waals surface area contributed by atoms with Gasteiger partial charge in [-0.2, -0.15) is 0 Å². The summed E-state index contributed by atoms with van der Waals surface area (Å²) in [5.41, 5.74) is 4.00. The molecule has 3 aromatic carbocycles. The average Bonchev–Trinajstić information content (AvgIpc) is 2.67. The lowest BCUT2D eigenvalue weighted by Gasteiger charge is -2.08. The molecule has 0 N–H and O–H groups in total. The smallest absolute Gasteiger partial charge is 0.166 e. The first-order valence-corrected chi connectivity index (χ1v) is 9.30. The maximum Gasteiger partial charge on any atom is 0.166 e. The van der Waals surface area contributed by atoms with Crippen LogP contribution < -0.4 is 0 Å². The number of aryl methyl sites for hydroxylation is 4. The van der Waals surface area contributed by atoms with Crippen molar-refractivity contribution in [1.29, 1.82) is 0 Å². The molecule has 3 aromatic rings. The van der Waals surface area contributed by atoms with E-state index in [-0.39, 0.29) is 11.4 Å². The minimum Gasteiger partial charge on any atom is -0.207 e. The summed E-state index contributed by atoms with van der Waals surface area (Å²) < 4.78 is 41.9. The molecular weight excluding hydrogens is 345 g/mol. The molecule has 140 valence electrons. The highest BCUT2D eigenvalue weighted by Gasteiger charge is 2.12. The van der Waals surface area contributed by atoms with E-state index in [1.54, 1.807) is 37.3 Å². The Morgan fingerprint density at radius 3 is 2.04 bits per heavy atom. The molecule has 0 unspecified atom stereocenters. The van der Waals surface area contributed by atoms with Crippen molar-refractivity contribution < 1.29 is 13.2 Å². The molecule has 0 nitrogen and oxygen atoms in total. The van der Waals surface area contributed by atoms with Crippen molar-refractivity contribution in [3.8, 4) is 11.1 Å². The van der Waals surface area contributed by atoms with Crippen LogP contribution in [0.15, 0.2) is 54.6 Å². The predicted octanol–water partition coefficient (Wildman–Crippen LogP) is 6.82. The summed E-state index contributed by atoms with van der Waals surface area (Å²) >= 11 is 0. The van der Waals surface area contributed by atoms with E-state index in [2.05, 4.69) is 0 Å². The molecule has 0 amide bonds. The van der Waals surface area contributed by atoms with Gasteiger partial charge in [0.15, 0.2) is 11.6 Å². The Labute approximate surface area is 158 Å². The van der Waals surface area contributed by atoms with Crippen molar-refractivity contribution in [3.05, 3.63) is 94.3 Å². The van der Waals surface area contributed by atoms with E-state index in [1.807, 2.05) is 31.2 Å². The number of hydrogen-bond donors (Lipinski definition) is 0. The van der Waals surface area contributed by atoms with Crippen LogP contribution in [0.2, 0.25) is 0 Å². The second kappa shape index (κ2) is 8.43. The lowest BCUT2D eigenvalue weighted by atomic mass is 9.98. The first-order chi connectivity index (χ1) is 13.0. The Bertz CT molecular complexity index is 927. The zero-order valence-corrected chi connectivity index (χ0v) is 15.7. The van der Waals surface area contributed by atoms with Crippen LogP contribution in [0.4, 0.5) is 13.2 Å². The highest BCUT2D eigenvalue weighted by atomic mass is 19.2. The van der Waals surface area contributed by atoms with Gasteiger partial charge in [0.1, 0.15) is 5.82 Å². The third-order valence-electron chi connectivity index (χ3n) is 4.88. The standard InChI is InChI=1S/C24H23F3/c1-3-4-20-13-10-18(15-22(20)25)7-6-17-8-11-19(12-9-17)21-14-5-16(2)23(26)24(21)27/h5,8-15H,3-4,6-7H2,1-2H3. The van der Waals surface area contributed by atoms with Crippen molar-refractivity contribution in [2.45, 2.75) is 39.5 Å². The van der Waals surface area contributed by atoms with Gasteiger partial charge in [-0.15, -0.1) is 0 Å². The van der Waals surface area contributed by atoms with Crippen molar-refractivity contribution in [1.82, 2.24) is 0 Å². The zero-order valence-electron chi connectivity index (χ0n) is 15.7. The molecule has 3 rings (SSSR count). The summed E-state index contributed by atoms with van der Waals surface area (Å²) in [5.74, 6) is -1.75. The van der Waals surface area contributed by atoms with Gasteiger partial charge < -0.3 is 0 Å². The zero-order chi connectivity index (χ0) is 19.4. The molecule has 0 aliphatic heterocycles. The quantitative estimate of drug-likeness (QED) is 0.448. The van der Waals surface area contributed by atoms with Crippen molar-refractivity contribution in [3.63, 3.8) is 0 Å². The molecule has 0 aliphatic rings. The Balaban J connectivity index is 1.70. The normalized spacial score (nSPS) is 11.0. The second-order valence-electron chi connectivity index (χ2n) is 6.93. The minimum atomic E-state index is -0.814. The van der Waals surface area contributed by atoms with Crippen LogP contribution in [0, 0.1) is 24.4 Å².